The van der Waals surface area contributed by atoms with Crippen LogP contribution in [-0.2, 0) is 9.59 Å². The molecule has 0 saturated carbocycles. The summed E-state index contributed by atoms with van der Waals surface area (Å²) in [5.41, 5.74) is 5.00. The van der Waals surface area contributed by atoms with Crippen molar-refractivity contribution in [3.8, 4) is 0 Å². The van der Waals surface area contributed by atoms with Crippen molar-refractivity contribution < 1.29 is 19.8 Å². The minimum Gasteiger partial charge on any atom is -0.481 e. The normalized spacial score (nSPS) is 16.3. The number of aliphatic carboxylic acids is 2. The van der Waals surface area contributed by atoms with Crippen molar-refractivity contribution >= 4 is 23.7 Å². The fraction of sp³-hybridized carbons (Fsp3) is 0.750. The van der Waals surface area contributed by atoms with E-state index in [9.17, 15) is 9.59 Å². The number of carbonyl (C=O) groups is 2. The fourth-order valence-electron chi connectivity index (χ4n) is 0.763. The Morgan fingerprint density at radius 2 is 2.13 bits per heavy atom. The second kappa shape index (κ2) is 8.51. The largest absolute Gasteiger partial charge is 0.481 e. The first kappa shape index (κ1) is 14.2. The van der Waals surface area contributed by atoms with E-state index in [0.29, 0.717) is 0 Å². The summed E-state index contributed by atoms with van der Waals surface area (Å²) in [6, 6.07) is -1.06. The number of carboxylic acid groups (broad SMARTS) is 2. The molecule has 1 fully saturated rings. The highest BCUT2D eigenvalue weighted by atomic mass is 32.2. The number of hydrogen-bond acceptors (Lipinski definition) is 5. The predicted octanol–water partition coefficient (Wildman–Crippen LogP) is -0.457. The SMILES string of the molecule is C1CSCN1.N[C@@H](CCC(=O)O)C(=O)O. The molecular weight excluding hydrogens is 220 g/mol. The molecular formula is C8H16N2O4S. The summed E-state index contributed by atoms with van der Waals surface area (Å²) in [7, 11) is 0. The lowest BCUT2D eigenvalue weighted by Crippen LogP contribution is -2.30. The van der Waals surface area contributed by atoms with Crippen LogP contribution in [0, 0.1) is 0 Å². The van der Waals surface area contributed by atoms with E-state index in [-0.39, 0.29) is 12.8 Å². The van der Waals surface area contributed by atoms with Crippen molar-refractivity contribution in [3.63, 3.8) is 0 Å². The minimum atomic E-state index is -1.17. The van der Waals surface area contributed by atoms with Gasteiger partial charge in [0.1, 0.15) is 6.04 Å². The van der Waals surface area contributed by atoms with Crippen molar-refractivity contribution in [3.05, 3.63) is 0 Å². The zero-order valence-corrected chi connectivity index (χ0v) is 9.13. The first-order chi connectivity index (χ1) is 7.04. The van der Waals surface area contributed by atoms with Gasteiger partial charge in [0, 0.05) is 24.6 Å². The standard InChI is InChI=1S/C5H9NO4.C3H7NS/c6-3(5(9)10)1-2-4(7)8;1-2-5-3-4-1/h3H,1-2,6H2,(H,7,8)(H,9,10);4H,1-3H2/t3-;/m0./s1. The first-order valence-electron chi connectivity index (χ1n) is 4.52. The molecule has 0 aromatic rings. The maximum atomic E-state index is 9.99. The quantitative estimate of drug-likeness (QED) is 0.522. The molecule has 0 bridgehead atoms. The molecule has 1 heterocycles. The Hall–Kier alpha value is -0.790. The lowest BCUT2D eigenvalue weighted by molar-refractivity contribution is -0.139. The van der Waals surface area contributed by atoms with Crippen molar-refractivity contribution in [1.82, 2.24) is 5.32 Å². The Kier molecular flexibility index (Phi) is 8.06. The molecule has 0 spiro atoms. The van der Waals surface area contributed by atoms with Crippen molar-refractivity contribution in [2.45, 2.75) is 18.9 Å². The van der Waals surface area contributed by atoms with Crippen molar-refractivity contribution in [2.24, 2.45) is 5.73 Å². The monoisotopic (exact) mass is 236 g/mol. The van der Waals surface area contributed by atoms with Gasteiger partial charge in [-0.3, -0.25) is 9.59 Å². The molecule has 1 aliphatic heterocycles. The van der Waals surface area contributed by atoms with Crippen molar-refractivity contribution in [1.29, 1.82) is 0 Å². The van der Waals surface area contributed by atoms with Gasteiger partial charge in [0.25, 0.3) is 0 Å². The summed E-state index contributed by atoms with van der Waals surface area (Å²) in [6.45, 7) is 1.21. The molecule has 1 aliphatic rings. The lowest BCUT2D eigenvalue weighted by atomic mass is 10.2. The number of hydrogen-bond donors (Lipinski definition) is 4. The van der Waals surface area contributed by atoms with E-state index in [2.05, 4.69) is 5.32 Å². The van der Waals surface area contributed by atoms with E-state index >= 15 is 0 Å². The lowest BCUT2D eigenvalue weighted by Gasteiger charge is -2.01. The van der Waals surface area contributed by atoms with Gasteiger partial charge in [0.15, 0.2) is 0 Å². The molecule has 7 heteroatoms. The third kappa shape index (κ3) is 9.51. The van der Waals surface area contributed by atoms with Gasteiger partial charge in [-0.15, -0.1) is 11.8 Å². The van der Waals surface area contributed by atoms with Gasteiger partial charge in [-0.25, -0.2) is 0 Å². The van der Waals surface area contributed by atoms with Crippen LogP contribution in [0.3, 0.4) is 0 Å². The molecule has 0 unspecified atom stereocenters. The van der Waals surface area contributed by atoms with Crippen molar-refractivity contribution in [2.75, 3.05) is 18.2 Å². The van der Waals surface area contributed by atoms with Crippen LogP contribution >= 0.6 is 11.8 Å². The van der Waals surface area contributed by atoms with E-state index in [1.807, 2.05) is 11.8 Å². The van der Waals surface area contributed by atoms with Gasteiger partial charge >= 0.3 is 11.9 Å². The van der Waals surface area contributed by atoms with Gasteiger partial charge in [0.2, 0.25) is 0 Å². The second-order valence-corrected chi connectivity index (χ2v) is 4.03. The maximum absolute atomic E-state index is 9.99. The molecule has 15 heavy (non-hydrogen) atoms. The fourth-order valence-corrected chi connectivity index (χ4v) is 1.48. The third-order valence-corrected chi connectivity index (χ3v) is 2.51. The summed E-state index contributed by atoms with van der Waals surface area (Å²) in [5.74, 6) is 0.276. The van der Waals surface area contributed by atoms with Crippen LogP contribution in [0.1, 0.15) is 12.8 Å². The smallest absolute Gasteiger partial charge is 0.320 e. The van der Waals surface area contributed by atoms with Crippen LogP contribution in [0.5, 0.6) is 0 Å². The van der Waals surface area contributed by atoms with Gasteiger partial charge in [-0.1, -0.05) is 0 Å². The number of carboxylic acids is 2. The topological polar surface area (TPSA) is 113 Å². The molecule has 1 saturated heterocycles. The molecule has 1 rings (SSSR count). The van der Waals surface area contributed by atoms with Crippen LogP contribution in [0.4, 0.5) is 0 Å². The Bertz CT molecular complexity index is 201. The average molecular weight is 236 g/mol. The molecule has 0 aliphatic carbocycles. The third-order valence-electron chi connectivity index (χ3n) is 1.61. The van der Waals surface area contributed by atoms with Gasteiger partial charge < -0.3 is 21.3 Å². The summed E-state index contributed by atoms with van der Waals surface area (Å²) in [6.07, 6.45) is -0.224. The highest BCUT2D eigenvalue weighted by Gasteiger charge is 2.12. The molecule has 0 aromatic heterocycles. The zero-order chi connectivity index (χ0) is 11.7. The number of rotatable bonds is 4. The molecule has 1 atom stereocenters. The number of thioether (sulfide) groups is 1. The van der Waals surface area contributed by atoms with E-state index in [0.717, 1.165) is 0 Å². The molecule has 0 radical (unpaired) electrons. The Morgan fingerprint density at radius 3 is 2.40 bits per heavy atom. The number of nitrogens with two attached hydrogens (primary N) is 1. The van der Waals surface area contributed by atoms with Crippen LogP contribution in [0.15, 0.2) is 0 Å². The Balaban J connectivity index is 0.000000322. The molecule has 0 amide bonds. The Labute approximate surface area is 92.2 Å². The summed E-state index contributed by atoms with van der Waals surface area (Å²) < 4.78 is 0. The highest BCUT2D eigenvalue weighted by Crippen LogP contribution is 1.99. The molecule has 6 nitrogen and oxygen atoms in total. The second-order valence-electron chi connectivity index (χ2n) is 2.93. The van der Waals surface area contributed by atoms with Gasteiger partial charge in [-0.2, -0.15) is 0 Å². The summed E-state index contributed by atoms with van der Waals surface area (Å²) in [4.78, 5) is 19.9. The predicted molar refractivity (Wildman–Crippen MR) is 57.8 cm³/mol. The first-order valence-corrected chi connectivity index (χ1v) is 5.68. The molecule has 0 aromatic carbocycles. The molecule has 88 valence electrons. The van der Waals surface area contributed by atoms with Crippen LogP contribution in [0.2, 0.25) is 0 Å². The Morgan fingerprint density at radius 1 is 1.47 bits per heavy atom. The van der Waals surface area contributed by atoms with E-state index < -0.39 is 18.0 Å². The van der Waals surface area contributed by atoms with Crippen LogP contribution in [0.25, 0.3) is 0 Å². The summed E-state index contributed by atoms with van der Waals surface area (Å²) >= 11 is 1.96. The minimum absolute atomic E-state index is 0.0231. The summed E-state index contributed by atoms with van der Waals surface area (Å²) in [5, 5.41) is 19.5. The average Bonchev–Trinajstić information content (AvgIpc) is 2.71. The number of nitrogens with one attached hydrogen (secondary N) is 1. The zero-order valence-electron chi connectivity index (χ0n) is 8.31. The van der Waals surface area contributed by atoms with Gasteiger partial charge in [0.05, 0.1) is 0 Å². The van der Waals surface area contributed by atoms with E-state index in [1.54, 1.807) is 0 Å². The van der Waals surface area contributed by atoms with E-state index in [4.69, 9.17) is 15.9 Å². The van der Waals surface area contributed by atoms with Gasteiger partial charge in [-0.05, 0) is 6.42 Å². The molecule has 5 N–H and O–H groups in total. The van der Waals surface area contributed by atoms with Crippen LogP contribution in [-0.4, -0.2) is 46.4 Å². The van der Waals surface area contributed by atoms with E-state index in [1.165, 1.54) is 18.2 Å². The maximum Gasteiger partial charge on any atom is 0.320 e. The van der Waals surface area contributed by atoms with Crippen LogP contribution < -0.4 is 11.1 Å². The highest BCUT2D eigenvalue weighted by molar-refractivity contribution is 7.99.